The van der Waals surface area contributed by atoms with E-state index in [2.05, 4.69) is 24.1 Å². The van der Waals surface area contributed by atoms with Gasteiger partial charge in [-0.2, -0.15) is 0 Å². The van der Waals surface area contributed by atoms with Crippen LogP contribution in [0.2, 0.25) is 0 Å². The van der Waals surface area contributed by atoms with Crippen molar-refractivity contribution in [2.45, 2.75) is 32.6 Å². The number of ether oxygens (including phenoxy) is 4. The van der Waals surface area contributed by atoms with Crippen LogP contribution in [0.25, 0.3) is 0 Å². The summed E-state index contributed by atoms with van der Waals surface area (Å²) < 4.78 is 21.9. The second-order valence-electron chi connectivity index (χ2n) is 6.21. The first-order valence-corrected chi connectivity index (χ1v) is 8.44. The van der Waals surface area contributed by atoms with Gasteiger partial charge in [0, 0.05) is 44.4 Å². The third kappa shape index (κ3) is 5.00. The predicted octanol–water partition coefficient (Wildman–Crippen LogP) is 1.91. The highest BCUT2D eigenvalue weighted by molar-refractivity contribution is 5.50. The van der Waals surface area contributed by atoms with Crippen molar-refractivity contribution in [1.29, 1.82) is 0 Å². The van der Waals surface area contributed by atoms with E-state index in [-0.39, 0.29) is 0 Å². The van der Waals surface area contributed by atoms with Crippen LogP contribution >= 0.6 is 0 Å². The fourth-order valence-electron chi connectivity index (χ4n) is 3.16. The monoisotopic (exact) mass is 338 g/mol. The molecule has 1 aliphatic heterocycles. The molecule has 0 radical (unpaired) electrons. The van der Waals surface area contributed by atoms with E-state index in [9.17, 15) is 0 Å². The van der Waals surface area contributed by atoms with Gasteiger partial charge in [-0.15, -0.1) is 0 Å². The molecule has 0 aromatic heterocycles. The van der Waals surface area contributed by atoms with Crippen LogP contribution in [0.5, 0.6) is 17.2 Å². The molecule has 0 bridgehead atoms. The van der Waals surface area contributed by atoms with Crippen LogP contribution in [0.15, 0.2) is 12.1 Å². The van der Waals surface area contributed by atoms with E-state index in [1.54, 1.807) is 21.3 Å². The van der Waals surface area contributed by atoms with E-state index >= 15 is 0 Å². The van der Waals surface area contributed by atoms with Crippen LogP contribution in [0, 0.1) is 0 Å². The number of methoxy groups -OCH3 is 3. The Hall–Kier alpha value is -1.50. The lowest BCUT2D eigenvalue weighted by Crippen LogP contribution is -2.47. The van der Waals surface area contributed by atoms with Crippen molar-refractivity contribution in [3.05, 3.63) is 17.7 Å². The maximum Gasteiger partial charge on any atom is 0.164 e. The number of nitrogens with zero attached hydrogens (tertiary/aromatic N) is 1. The molecule has 0 unspecified atom stereocenters. The normalized spacial score (nSPS) is 21.5. The van der Waals surface area contributed by atoms with Gasteiger partial charge in [-0.25, -0.2) is 0 Å². The molecule has 0 saturated carbocycles. The number of benzene rings is 1. The van der Waals surface area contributed by atoms with Crippen molar-refractivity contribution in [2.24, 2.45) is 0 Å². The average Bonchev–Trinajstić information content (AvgIpc) is 2.57. The molecule has 1 fully saturated rings. The number of rotatable bonds is 8. The summed E-state index contributed by atoms with van der Waals surface area (Å²) in [5.41, 5.74) is 1.05. The number of hydrogen-bond donors (Lipinski definition) is 1. The molecule has 136 valence electrons. The van der Waals surface area contributed by atoms with Crippen LogP contribution in [-0.4, -0.2) is 64.6 Å². The maximum absolute atomic E-state index is 5.77. The van der Waals surface area contributed by atoms with Gasteiger partial charge in [-0.1, -0.05) is 0 Å². The molecular weight excluding hydrogens is 308 g/mol. The Morgan fingerprint density at radius 3 is 2.17 bits per heavy atom. The van der Waals surface area contributed by atoms with Gasteiger partial charge >= 0.3 is 0 Å². The molecule has 0 amide bonds. The zero-order valence-corrected chi connectivity index (χ0v) is 15.4. The van der Waals surface area contributed by atoms with E-state index in [1.807, 2.05) is 12.1 Å². The second-order valence-corrected chi connectivity index (χ2v) is 6.21. The van der Waals surface area contributed by atoms with Crippen molar-refractivity contribution < 1.29 is 18.9 Å². The van der Waals surface area contributed by atoms with E-state index in [0.29, 0.717) is 23.7 Å². The van der Waals surface area contributed by atoms with Gasteiger partial charge in [-0.05, 0) is 19.9 Å². The van der Waals surface area contributed by atoms with Gasteiger partial charge in [-0.3, -0.25) is 4.90 Å². The molecule has 6 heteroatoms. The highest BCUT2D eigenvalue weighted by atomic mass is 16.5. The summed E-state index contributed by atoms with van der Waals surface area (Å²) in [6.07, 6.45) is 0.611. The summed E-state index contributed by atoms with van der Waals surface area (Å²) in [7, 11) is 4.93. The van der Waals surface area contributed by atoms with E-state index < -0.39 is 0 Å². The van der Waals surface area contributed by atoms with Crippen molar-refractivity contribution in [3.8, 4) is 17.2 Å². The first-order chi connectivity index (χ1) is 11.6. The van der Waals surface area contributed by atoms with Crippen LogP contribution in [0.1, 0.15) is 19.4 Å². The zero-order chi connectivity index (χ0) is 17.5. The number of morpholine rings is 1. The van der Waals surface area contributed by atoms with E-state index in [1.165, 1.54) is 0 Å². The fraction of sp³-hybridized carbons (Fsp3) is 0.667. The van der Waals surface area contributed by atoms with Crippen LogP contribution < -0.4 is 19.5 Å². The van der Waals surface area contributed by atoms with Gasteiger partial charge in [0.2, 0.25) is 0 Å². The lowest BCUT2D eigenvalue weighted by atomic mass is 10.1. The molecule has 1 aromatic rings. The third-order valence-corrected chi connectivity index (χ3v) is 4.20. The third-order valence-electron chi connectivity index (χ3n) is 4.20. The van der Waals surface area contributed by atoms with Gasteiger partial charge in [0.05, 0.1) is 33.5 Å². The fourth-order valence-corrected chi connectivity index (χ4v) is 3.16. The summed E-state index contributed by atoms with van der Waals surface area (Å²) in [5, 5.41) is 3.48. The maximum atomic E-state index is 5.77. The number of nitrogens with one attached hydrogen (secondary N) is 1. The van der Waals surface area contributed by atoms with Gasteiger partial charge in [0.15, 0.2) is 11.5 Å². The molecule has 1 heterocycles. The molecule has 1 aromatic carbocycles. The van der Waals surface area contributed by atoms with Gasteiger partial charge < -0.3 is 24.3 Å². The molecule has 1 N–H and O–H groups in total. The first kappa shape index (κ1) is 18.8. The van der Waals surface area contributed by atoms with Crippen molar-refractivity contribution in [2.75, 3.05) is 47.5 Å². The van der Waals surface area contributed by atoms with Gasteiger partial charge in [0.1, 0.15) is 5.75 Å². The molecule has 0 spiro atoms. The summed E-state index contributed by atoms with van der Waals surface area (Å²) >= 11 is 0. The minimum Gasteiger partial charge on any atom is -0.496 e. The Kier molecular flexibility index (Phi) is 7.15. The van der Waals surface area contributed by atoms with Gasteiger partial charge in [0.25, 0.3) is 0 Å². The van der Waals surface area contributed by atoms with Crippen LogP contribution in [-0.2, 0) is 11.3 Å². The molecule has 1 saturated heterocycles. The summed E-state index contributed by atoms with van der Waals surface area (Å²) in [5.74, 6) is 2.19. The molecule has 24 heavy (non-hydrogen) atoms. The van der Waals surface area contributed by atoms with Crippen molar-refractivity contribution >= 4 is 0 Å². The summed E-state index contributed by atoms with van der Waals surface area (Å²) in [6.45, 7) is 8.89. The molecule has 0 aliphatic carbocycles. The topological polar surface area (TPSA) is 52.2 Å². The first-order valence-electron chi connectivity index (χ1n) is 8.44. The highest BCUT2D eigenvalue weighted by Crippen LogP contribution is 2.34. The predicted molar refractivity (Wildman–Crippen MR) is 94.3 cm³/mol. The van der Waals surface area contributed by atoms with E-state index in [4.69, 9.17) is 18.9 Å². The van der Waals surface area contributed by atoms with E-state index in [0.717, 1.165) is 44.0 Å². The largest absolute Gasteiger partial charge is 0.496 e. The minimum absolute atomic E-state index is 0.305. The molecule has 2 rings (SSSR count). The second kappa shape index (κ2) is 9.11. The molecule has 1 aliphatic rings. The zero-order valence-electron chi connectivity index (χ0n) is 15.4. The summed E-state index contributed by atoms with van der Waals surface area (Å²) in [4.78, 5) is 2.44. The van der Waals surface area contributed by atoms with Crippen LogP contribution in [0.4, 0.5) is 0 Å². The lowest BCUT2D eigenvalue weighted by molar-refractivity contribution is -0.0674. The summed E-state index contributed by atoms with van der Waals surface area (Å²) in [6, 6.07) is 3.82. The van der Waals surface area contributed by atoms with Crippen LogP contribution in [0.3, 0.4) is 0 Å². The SMILES string of the molecule is COc1cc(OC)c(OC)cc1CNCCN1C[C@@H](C)O[C@@H](C)C1. The minimum atomic E-state index is 0.305. The highest BCUT2D eigenvalue weighted by Gasteiger charge is 2.21. The Balaban J connectivity index is 1.87. The Labute approximate surface area is 145 Å². The average molecular weight is 338 g/mol. The van der Waals surface area contributed by atoms with Crippen molar-refractivity contribution in [1.82, 2.24) is 10.2 Å². The lowest BCUT2D eigenvalue weighted by Gasteiger charge is -2.35. The van der Waals surface area contributed by atoms with Crippen molar-refractivity contribution in [3.63, 3.8) is 0 Å². The smallest absolute Gasteiger partial charge is 0.164 e. The Bertz CT molecular complexity index is 514. The molecule has 6 nitrogen and oxygen atoms in total. The Morgan fingerprint density at radius 2 is 1.58 bits per heavy atom. The standard InChI is InChI=1S/C18H30N2O4/c1-13-11-20(12-14(2)24-13)7-6-19-10-15-8-17(22-4)18(23-5)9-16(15)21-3/h8-9,13-14,19H,6-7,10-12H2,1-5H3/t13-,14+. The Morgan fingerprint density at radius 1 is 1.00 bits per heavy atom. The number of hydrogen-bond acceptors (Lipinski definition) is 6. The molecular formula is C18H30N2O4. The quantitative estimate of drug-likeness (QED) is 0.731. The molecule has 2 atom stereocenters.